The number of aromatic nitrogens is 1. The number of hydrogen-bond acceptors (Lipinski definition) is 4. The molecule has 0 amide bonds. The lowest BCUT2D eigenvalue weighted by Crippen LogP contribution is -2.30. The van der Waals surface area contributed by atoms with Crippen molar-refractivity contribution in [3.05, 3.63) is 57.6 Å². The first-order valence-corrected chi connectivity index (χ1v) is 11.2. The van der Waals surface area contributed by atoms with Crippen LogP contribution in [0.5, 0.6) is 5.75 Å². The highest BCUT2D eigenvalue weighted by Crippen LogP contribution is 2.43. The predicted octanol–water partition coefficient (Wildman–Crippen LogP) is 4.61. The minimum Gasteiger partial charge on any atom is -0.503 e. The van der Waals surface area contributed by atoms with Gasteiger partial charge in [0.25, 0.3) is 5.56 Å². The predicted molar refractivity (Wildman–Crippen MR) is 122 cm³/mol. The van der Waals surface area contributed by atoms with Gasteiger partial charge in [0.15, 0.2) is 17.4 Å². The first kappa shape index (κ1) is 21.8. The third kappa shape index (κ3) is 3.57. The summed E-state index contributed by atoms with van der Waals surface area (Å²) in [4.78, 5) is 15.1. The zero-order valence-electron chi connectivity index (χ0n) is 18.5. The summed E-state index contributed by atoms with van der Waals surface area (Å²) >= 11 is 0. The highest BCUT2D eigenvalue weighted by Gasteiger charge is 2.32. The average molecular weight is 457 g/mol. The Balaban J connectivity index is 1.77. The summed E-state index contributed by atoms with van der Waals surface area (Å²) in [6.45, 7) is 5.03. The van der Waals surface area contributed by atoms with Crippen LogP contribution in [-0.2, 0) is 0 Å². The normalized spacial score (nSPS) is 19.5. The van der Waals surface area contributed by atoms with Gasteiger partial charge >= 0.3 is 0 Å². The molecule has 1 saturated heterocycles. The average Bonchev–Trinajstić information content (AvgIpc) is 3.47. The van der Waals surface area contributed by atoms with Gasteiger partial charge in [0.05, 0.1) is 11.2 Å². The van der Waals surface area contributed by atoms with Crippen LogP contribution in [-0.4, -0.2) is 28.8 Å². The van der Waals surface area contributed by atoms with E-state index in [1.165, 1.54) is 12.1 Å². The van der Waals surface area contributed by atoms with Crippen LogP contribution in [0.2, 0.25) is 0 Å². The van der Waals surface area contributed by atoms with Crippen molar-refractivity contribution >= 4 is 16.6 Å². The SMILES string of the molecule is Cc1c(N2CC[C@@H]([C@H](C)N)C2)c(F)cc2c(-c3cc(F)c(O)c(F)c3)cc(=O)n(C3CC3)c12. The van der Waals surface area contributed by atoms with Crippen molar-refractivity contribution in [3.63, 3.8) is 0 Å². The number of nitrogens with two attached hydrogens (primary N) is 1. The minimum absolute atomic E-state index is 0.00522. The molecule has 3 aromatic rings. The van der Waals surface area contributed by atoms with Gasteiger partial charge in [0.1, 0.15) is 5.82 Å². The van der Waals surface area contributed by atoms with Crippen LogP contribution in [0.25, 0.3) is 22.0 Å². The van der Waals surface area contributed by atoms with Gasteiger partial charge in [-0.2, -0.15) is 0 Å². The molecule has 174 valence electrons. The Labute approximate surface area is 189 Å². The van der Waals surface area contributed by atoms with E-state index in [1.54, 1.807) is 11.5 Å². The van der Waals surface area contributed by atoms with Crippen LogP contribution in [0.1, 0.15) is 37.8 Å². The van der Waals surface area contributed by atoms with E-state index in [0.29, 0.717) is 35.2 Å². The van der Waals surface area contributed by atoms with Crippen LogP contribution in [0.3, 0.4) is 0 Å². The highest BCUT2D eigenvalue weighted by atomic mass is 19.1. The lowest BCUT2D eigenvalue weighted by atomic mass is 9.97. The molecule has 2 aromatic carbocycles. The lowest BCUT2D eigenvalue weighted by molar-refractivity contribution is 0.396. The molecule has 5 rings (SSSR count). The van der Waals surface area contributed by atoms with Gasteiger partial charge in [-0.1, -0.05) is 0 Å². The molecular formula is C25H26F3N3O2. The second kappa shape index (κ2) is 7.80. The molecule has 0 spiro atoms. The molecule has 0 bridgehead atoms. The van der Waals surface area contributed by atoms with E-state index < -0.39 is 23.2 Å². The van der Waals surface area contributed by atoms with E-state index in [9.17, 15) is 18.7 Å². The van der Waals surface area contributed by atoms with E-state index in [4.69, 9.17) is 5.73 Å². The van der Waals surface area contributed by atoms with Crippen LogP contribution < -0.4 is 16.2 Å². The molecule has 2 fully saturated rings. The Morgan fingerprint density at radius 2 is 1.73 bits per heavy atom. The Morgan fingerprint density at radius 1 is 1.06 bits per heavy atom. The number of phenolic OH excluding ortho intramolecular Hbond substituents is 1. The molecule has 0 radical (unpaired) electrons. The number of fused-ring (bicyclic) bond motifs is 1. The largest absolute Gasteiger partial charge is 0.503 e. The molecule has 1 saturated carbocycles. The van der Waals surface area contributed by atoms with Gasteiger partial charge in [-0.15, -0.1) is 0 Å². The summed E-state index contributed by atoms with van der Waals surface area (Å²) in [6, 6.07) is 4.59. The summed E-state index contributed by atoms with van der Waals surface area (Å²) in [5.41, 5.74) is 7.71. The smallest absolute Gasteiger partial charge is 0.251 e. The third-order valence-electron chi connectivity index (χ3n) is 7.02. The number of pyridine rings is 1. The molecule has 2 heterocycles. The van der Waals surface area contributed by atoms with E-state index in [-0.39, 0.29) is 34.7 Å². The topological polar surface area (TPSA) is 71.5 Å². The molecule has 0 unspecified atom stereocenters. The van der Waals surface area contributed by atoms with Gasteiger partial charge in [-0.25, -0.2) is 13.2 Å². The van der Waals surface area contributed by atoms with Crippen molar-refractivity contribution in [2.45, 2.75) is 45.2 Å². The Kier molecular flexibility index (Phi) is 5.16. The number of aromatic hydroxyl groups is 1. The Hall–Kier alpha value is -3.00. The van der Waals surface area contributed by atoms with Gasteiger partial charge in [0, 0.05) is 36.6 Å². The first-order valence-electron chi connectivity index (χ1n) is 11.2. The van der Waals surface area contributed by atoms with Crippen molar-refractivity contribution in [2.24, 2.45) is 11.7 Å². The molecule has 2 atom stereocenters. The summed E-state index contributed by atoms with van der Waals surface area (Å²) in [5, 5.41) is 9.90. The maximum absolute atomic E-state index is 15.6. The number of halogens is 3. The molecule has 1 aliphatic carbocycles. The number of hydrogen-bond donors (Lipinski definition) is 2. The highest BCUT2D eigenvalue weighted by molar-refractivity contribution is 5.99. The van der Waals surface area contributed by atoms with Crippen molar-refractivity contribution in [3.8, 4) is 16.9 Å². The van der Waals surface area contributed by atoms with Gasteiger partial charge in [0.2, 0.25) is 0 Å². The zero-order chi connectivity index (χ0) is 23.6. The summed E-state index contributed by atoms with van der Waals surface area (Å²) in [5.74, 6) is -3.57. The maximum Gasteiger partial charge on any atom is 0.251 e. The summed E-state index contributed by atoms with van der Waals surface area (Å²) < 4.78 is 45.5. The quantitative estimate of drug-likeness (QED) is 0.600. The van der Waals surface area contributed by atoms with Crippen molar-refractivity contribution < 1.29 is 18.3 Å². The number of nitrogens with zero attached hydrogens (tertiary/aromatic N) is 2. The van der Waals surface area contributed by atoms with E-state index in [2.05, 4.69) is 0 Å². The minimum atomic E-state index is -1.14. The van der Waals surface area contributed by atoms with Gasteiger partial charge < -0.3 is 20.3 Å². The van der Waals surface area contributed by atoms with Crippen LogP contribution in [0, 0.1) is 30.3 Å². The van der Waals surface area contributed by atoms with E-state index >= 15 is 4.39 Å². The Morgan fingerprint density at radius 3 is 2.30 bits per heavy atom. The zero-order valence-corrected chi connectivity index (χ0v) is 18.5. The molecule has 1 aliphatic heterocycles. The van der Waals surface area contributed by atoms with Gasteiger partial charge in [-0.05, 0) is 73.9 Å². The molecule has 2 aliphatic rings. The van der Waals surface area contributed by atoms with Crippen LogP contribution >= 0.6 is 0 Å². The van der Waals surface area contributed by atoms with Gasteiger partial charge in [-0.3, -0.25) is 4.79 Å². The molecule has 3 N–H and O–H groups in total. The van der Waals surface area contributed by atoms with E-state index in [0.717, 1.165) is 31.4 Å². The lowest BCUT2D eigenvalue weighted by Gasteiger charge is -2.25. The molecule has 5 nitrogen and oxygen atoms in total. The van der Waals surface area contributed by atoms with E-state index in [1.807, 2.05) is 11.8 Å². The fourth-order valence-electron chi connectivity index (χ4n) is 5.12. The molecular weight excluding hydrogens is 431 g/mol. The fourth-order valence-corrected chi connectivity index (χ4v) is 5.12. The fraction of sp³-hybridized carbons (Fsp3) is 0.400. The molecule has 1 aromatic heterocycles. The number of phenols is 1. The molecule has 8 heteroatoms. The third-order valence-corrected chi connectivity index (χ3v) is 7.02. The second-order valence-electron chi connectivity index (χ2n) is 9.37. The first-order chi connectivity index (χ1) is 15.7. The Bertz CT molecular complexity index is 1310. The van der Waals surface area contributed by atoms with Crippen LogP contribution in [0.15, 0.2) is 29.1 Å². The number of rotatable bonds is 4. The molecule has 33 heavy (non-hydrogen) atoms. The maximum atomic E-state index is 15.6. The standard InChI is InChI=1S/C25H26F3N3O2/c1-12-23-18(9-19(26)24(12)30-6-5-14(11-30)13(2)29)17(10-22(32)31(23)16-3-4-16)15-7-20(27)25(33)21(28)8-15/h7-10,13-14,16,33H,3-6,11,29H2,1-2H3/t13-,14+/m0/s1. The summed E-state index contributed by atoms with van der Waals surface area (Å²) in [7, 11) is 0. The number of aryl methyl sites for hydroxylation is 1. The van der Waals surface area contributed by atoms with Crippen LogP contribution in [0.4, 0.5) is 18.9 Å². The van der Waals surface area contributed by atoms with Crippen molar-refractivity contribution in [1.29, 1.82) is 0 Å². The van der Waals surface area contributed by atoms with Crippen molar-refractivity contribution in [1.82, 2.24) is 4.57 Å². The number of anilines is 1. The monoisotopic (exact) mass is 457 g/mol. The van der Waals surface area contributed by atoms with Crippen molar-refractivity contribution in [2.75, 3.05) is 18.0 Å². The second-order valence-corrected chi connectivity index (χ2v) is 9.37. The summed E-state index contributed by atoms with van der Waals surface area (Å²) in [6.07, 6.45) is 2.55. The number of benzene rings is 2.